The summed E-state index contributed by atoms with van der Waals surface area (Å²) in [6.45, 7) is 0. The molecule has 3 heterocycles. The summed E-state index contributed by atoms with van der Waals surface area (Å²) in [5.41, 5.74) is 4.27. The third-order valence-electron chi connectivity index (χ3n) is 3.61. The van der Waals surface area contributed by atoms with Gasteiger partial charge in [-0.2, -0.15) is 5.10 Å². The second-order valence-corrected chi connectivity index (χ2v) is 5.22. The number of pyridine rings is 1. The Morgan fingerprint density at radius 1 is 1.24 bits per heavy atom. The van der Waals surface area contributed by atoms with E-state index in [1.54, 1.807) is 36.9 Å². The summed E-state index contributed by atoms with van der Waals surface area (Å²) in [5.74, 6) is 0.810. The first kappa shape index (κ1) is 14.8. The minimum Gasteiger partial charge on any atom is -0.463 e. The number of hydrazone groups is 1. The smallest absolute Gasteiger partial charge is 0.272 e. The van der Waals surface area contributed by atoms with E-state index in [1.807, 2.05) is 24.3 Å². The van der Waals surface area contributed by atoms with Crippen LogP contribution in [0.2, 0.25) is 0 Å². The van der Waals surface area contributed by atoms with Crippen molar-refractivity contribution in [3.8, 4) is 11.5 Å². The molecular weight excluding hydrogens is 318 g/mol. The number of H-pyrrole nitrogens is 1. The molecule has 25 heavy (non-hydrogen) atoms. The first-order chi connectivity index (χ1) is 12.3. The molecule has 4 rings (SSSR count). The van der Waals surface area contributed by atoms with Crippen LogP contribution in [0.3, 0.4) is 0 Å². The number of imidazole rings is 1. The van der Waals surface area contributed by atoms with Gasteiger partial charge in [0.2, 0.25) is 0 Å². The van der Waals surface area contributed by atoms with Crippen molar-refractivity contribution in [3.05, 3.63) is 72.5 Å². The monoisotopic (exact) mass is 331 g/mol. The summed E-state index contributed by atoms with van der Waals surface area (Å²) in [7, 11) is 0. The lowest BCUT2D eigenvalue weighted by Gasteiger charge is -2.07. The zero-order valence-electron chi connectivity index (χ0n) is 13.0. The number of rotatable bonds is 4. The van der Waals surface area contributed by atoms with Crippen molar-refractivity contribution in [1.29, 1.82) is 0 Å². The van der Waals surface area contributed by atoms with Crippen LogP contribution in [0.1, 0.15) is 16.2 Å². The summed E-state index contributed by atoms with van der Waals surface area (Å²) < 4.78 is 5.40. The van der Waals surface area contributed by atoms with E-state index in [-0.39, 0.29) is 5.91 Å². The number of aromatic nitrogens is 3. The number of carbonyl (C=O) groups is 1. The number of carbonyl (C=O) groups excluding carboxylic acids is 1. The Balaban J connectivity index is 1.70. The van der Waals surface area contributed by atoms with Gasteiger partial charge in [0, 0.05) is 17.8 Å². The number of hydrogen-bond donors (Lipinski definition) is 2. The minimum absolute atomic E-state index is 0.339. The van der Waals surface area contributed by atoms with Gasteiger partial charge >= 0.3 is 0 Å². The number of aromatic amines is 1. The van der Waals surface area contributed by atoms with Gasteiger partial charge in [0.25, 0.3) is 5.91 Å². The Hall–Kier alpha value is -3.74. The molecule has 7 heteroatoms. The van der Waals surface area contributed by atoms with Crippen LogP contribution < -0.4 is 5.43 Å². The Kier molecular flexibility index (Phi) is 3.80. The van der Waals surface area contributed by atoms with E-state index in [4.69, 9.17) is 4.42 Å². The predicted octanol–water partition coefficient (Wildman–Crippen LogP) is 2.98. The molecule has 0 fully saturated rings. The molecule has 0 aliphatic rings. The lowest BCUT2D eigenvalue weighted by molar-refractivity contribution is 0.0956. The molecule has 2 N–H and O–H groups in total. The number of nitrogens with zero attached hydrogens (tertiary/aromatic N) is 3. The fraction of sp³-hybridized carbons (Fsp3) is 0. The summed E-state index contributed by atoms with van der Waals surface area (Å²) in [5, 5.41) is 4.67. The number of fused-ring (bicyclic) bond motifs is 1. The molecule has 0 bridgehead atoms. The molecular formula is C18H13N5O2. The van der Waals surface area contributed by atoms with Crippen LogP contribution >= 0.6 is 0 Å². The molecule has 0 spiro atoms. The van der Waals surface area contributed by atoms with Gasteiger partial charge in [0.05, 0.1) is 23.6 Å². The summed E-state index contributed by atoms with van der Waals surface area (Å²) in [6.07, 6.45) is 6.29. The van der Waals surface area contributed by atoms with Crippen molar-refractivity contribution in [2.45, 2.75) is 0 Å². The van der Waals surface area contributed by atoms with E-state index in [2.05, 4.69) is 25.5 Å². The van der Waals surface area contributed by atoms with Crippen molar-refractivity contribution in [2.75, 3.05) is 0 Å². The average Bonchev–Trinajstić information content (AvgIpc) is 3.34. The fourth-order valence-corrected chi connectivity index (χ4v) is 2.47. The number of hydrogen-bond acceptors (Lipinski definition) is 5. The maximum Gasteiger partial charge on any atom is 0.272 e. The van der Waals surface area contributed by atoms with Gasteiger partial charge in [-0.3, -0.25) is 4.79 Å². The van der Waals surface area contributed by atoms with E-state index in [0.717, 1.165) is 5.39 Å². The Bertz CT molecular complexity index is 1040. The highest BCUT2D eigenvalue weighted by Gasteiger charge is 2.14. The molecule has 122 valence electrons. The van der Waals surface area contributed by atoms with Gasteiger partial charge in [-0.1, -0.05) is 18.2 Å². The predicted molar refractivity (Wildman–Crippen MR) is 93.1 cm³/mol. The highest BCUT2D eigenvalue weighted by atomic mass is 16.3. The third-order valence-corrected chi connectivity index (χ3v) is 3.61. The van der Waals surface area contributed by atoms with Gasteiger partial charge in [-0.05, 0) is 24.3 Å². The van der Waals surface area contributed by atoms with Gasteiger partial charge < -0.3 is 9.40 Å². The standard InChI is InChI=1S/C18H13N5O2/c24-18(23-21-11-17-19-7-8-20-17)13-10-15(16-6-3-9-25-16)22-14-5-2-1-4-12(13)14/h1-11H,(H,19,20)(H,23,24)/b21-11+. The third kappa shape index (κ3) is 3.02. The van der Waals surface area contributed by atoms with E-state index in [0.29, 0.717) is 28.4 Å². The number of furan rings is 1. The van der Waals surface area contributed by atoms with Gasteiger partial charge in [0.15, 0.2) is 5.76 Å². The molecule has 0 saturated carbocycles. The molecule has 1 aromatic carbocycles. The number of nitrogens with one attached hydrogen (secondary N) is 2. The second kappa shape index (κ2) is 6.40. The quantitative estimate of drug-likeness (QED) is 0.444. The van der Waals surface area contributed by atoms with Crippen molar-refractivity contribution in [3.63, 3.8) is 0 Å². The first-order valence-corrected chi connectivity index (χ1v) is 7.58. The number of para-hydroxylation sites is 1. The van der Waals surface area contributed by atoms with Crippen LogP contribution in [0.4, 0.5) is 0 Å². The fourth-order valence-electron chi connectivity index (χ4n) is 2.47. The molecule has 0 aliphatic heterocycles. The van der Waals surface area contributed by atoms with Gasteiger partial charge in [-0.15, -0.1) is 0 Å². The van der Waals surface area contributed by atoms with Crippen molar-refractivity contribution in [2.24, 2.45) is 5.10 Å². The zero-order valence-corrected chi connectivity index (χ0v) is 13.0. The first-order valence-electron chi connectivity index (χ1n) is 7.58. The number of benzene rings is 1. The van der Waals surface area contributed by atoms with Gasteiger partial charge in [0.1, 0.15) is 11.5 Å². The normalized spacial score (nSPS) is 11.2. The average molecular weight is 331 g/mol. The molecule has 3 aromatic heterocycles. The van der Waals surface area contributed by atoms with Gasteiger partial charge in [-0.25, -0.2) is 15.4 Å². The van der Waals surface area contributed by atoms with Crippen molar-refractivity contribution < 1.29 is 9.21 Å². The summed E-state index contributed by atoms with van der Waals surface area (Å²) >= 11 is 0. The molecule has 0 atom stereocenters. The van der Waals surface area contributed by atoms with E-state index in [9.17, 15) is 4.79 Å². The lowest BCUT2D eigenvalue weighted by atomic mass is 10.1. The molecule has 0 unspecified atom stereocenters. The molecule has 0 radical (unpaired) electrons. The van der Waals surface area contributed by atoms with Crippen LogP contribution in [0.5, 0.6) is 0 Å². The lowest BCUT2D eigenvalue weighted by Crippen LogP contribution is -2.18. The molecule has 0 saturated heterocycles. The molecule has 1 amide bonds. The van der Waals surface area contributed by atoms with Crippen LogP contribution in [-0.2, 0) is 0 Å². The van der Waals surface area contributed by atoms with Crippen LogP contribution in [0, 0.1) is 0 Å². The SMILES string of the molecule is O=C(N/N=C/c1ncc[nH]1)c1cc(-c2ccco2)nc2ccccc12. The largest absolute Gasteiger partial charge is 0.463 e. The van der Waals surface area contributed by atoms with Crippen molar-refractivity contribution in [1.82, 2.24) is 20.4 Å². The van der Waals surface area contributed by atoms with E-state index in [1.165, 1.54) is 6.21 Å². The maximum atomic E-state index is 12.6. The molecule has 0 aliphatic carbocycles. The summed E-state index contributed by atoms with van der Waals surface area (Å²) in [6, 6.07) is 12.7. The highest BCUT2D eigenvalue weighted by molar-refractivity contribution is 6.07. The Labute approximate surface area is 142 Å². The van der Waals surface area contributed by atoms with Crippen LogP contribution in [-0.4, -0.2) is 27.1 Å². The van der Waals surface area contributed by atoms with E-state index >= 15 is 0 Å². The van der Waals surface area contributed by atoms with Crippen LogP contribution in [0.15, 0.2) is 70.6 Å². The van der Waals surface area contributed by atoms with E-state index < -0.39 is 0 Å². The molecule has 7 nitrogen and oxygen atoms in total. The number of amides is 1. The Morgan fingerprint density at radius 2 is 2.16 bits per heavy atom. The highest BCUT2D eigenvalue weighted by Crippen LogP contribution is 2.25. The second-order valence-electron chi connectivity index (χ2n) is 5.22. The molecule has 4 aromatic rings. The Morgan fingerprint density at radius 3 is 2.96 bits per heavy atom. The topological polar surface area (TPSA) is 96.2 Å². The van der Waals surface area contributed by atoms with Crippen molar-refractivity contribution >= 4 is 23.0 Å². The van der Waals surface area contributed by atoms with Crippen LogP contribution in [0.25, 0.3) is 22.4 Å². The maximum absolute atomic E-state index is 12.6. The summed E-state index contributed by atoms with van der Waals surface area (Å²) in [4.78, 5) is 24.0. The minimum atomic E-state index is -0.339. The zero-order chi connectivity index (χ0) is 17.1.